The number of nitrogens with zero attached hydrogens (tertiary/aromatic N) is 1. The van der Waals surface area contributed by atoms with E-state index >= 15 is 0 Å². The molecule has 7 nitrogen and oxygen atoms in total. The largest absolute Gasteiger partial charge is 0.396 e. The van der Waals surface area contributed by atoms with Gasteiger partial charge in [0.25, 0.3) is 5.56 Å². The Morgan fingerprint density at radius 2 is 2.23 bits per heavy atom. The molecule has 0 aliphatic carbocycles. The van der Waals surface area contributed by atoms with Gasteiger partial charge in [0.2, 0.25) is 0 Å². The van der Waals surface area contributed by atoms with Crippen LogP contribution >= 0.6 is 0 Å². The first-order valence-corrected chi connectivity index (χ1v) is 7.31. The van der Waals surface area contributed by atoms with E-state index in [9.17, 15) is 14.7 Å². The van der Waals surface area contributed by atoms with E-state index < -0.39 is 23.6 Å². The summed E-state index contributed by atoms with van der Waals surface area (Å²) >= 11 is 0. The van der Waals surface area contributed by atoms with Gasteiger partial charge in [-0.1, -0.05) is 11.8 Å². The highest BCUT2D eigenvalue weighted by atomic mass is 16.5. The molecule has 0 bridgehead atoms. The average molecular weight is 308 g/mol. The average Bonchev–Trinajstić information content (AvgIpc) is 2.80. The number of hydrogen-bond acceptors (Lipinski definition) is 5. The van der Waals surface area contributed by atoms with E-state index in [4.69, 9.17) is 9.84 Å². The number of rotatable bonds is 4. The maximum Gasteiger partial charge on any atom is 0.330 e. The Balaban J connectivity index is 2.20. The van der Waals surface area contributed by atoms with Crippen LogP contribution in [0, 0.1) is 11.8 Å². The summed E-state index contributed by atoms with van der Waals surface area (Å²) in [6.45, 7) is 1.84. The summed E-state index contributed by atoms with van der Waals surface area (Å²) < 4.78 is 6.76. The number of aromatic nitrogens is 2. The minimum atomic E-state index is -0.642. The van der Waals surface area contributed by atoms with Crippen LogP contribution in [0.3, 0.4) is 0 Å². The number of ether oxygens (including phenoxy) is 1. The summed E-state index contributed by atoms with van der Waals surface area (Å²) in [5, 5.41) is 18.4. The smallest absolute Gasteiger partial charge is 0.330 e. The first kappa shape index (κ1) is 16.5. The van der Waals surface area contributed by atoms with Crippen molar-refractivity contribution >= 4 is 0 Å². The zero-order valence-corrected chi connectivity index (χ0v) is 12.4. The summed E-state index contributed by atoms with van der Waals surface area (Å²) in [5.74, 6) is 5.58. The molecule has 22 heavy (non-hydrogen) atoms. The van der Waals surface area contributed by atoms with Crippen LogP contribution in [0.4, 0.5) is 0 Å². The van der Waals surface area contributed by atoms with E-state index in [1.54, 1.807) is 6.92 Å². The molecule has 0 radical (unpaired) electrons. The van der Waals surface area contributed by atoms with E-state index in [1.807, 2.05) is 0 Å². The predicted molar refractivity (Wildman–Crippen MR) is 79.3 cm³/mol. The maximum absolute atomic E-state index is 11.9. The van der Waals surface area contributed by atoms with Crippen molar-refractivity contribution in [2.45, 2.75) is 51.0 Å². The highest BCUT2D eigenvalue weighted by molar-refractivity contribution is 5.29. The molecule has 1 saturated heterocycles. The number of aliphatic hydroxyl groups excluding tert-OH is 2. The normalized spacial score (nSPS) is 24.0. The Bertz CT molecular complexity index is 672. The minimum Gasteiger partial charge on any atom is -0.396 e. The van der Waals surface area contributed by atoms with Crippen LogP contribution in [-0.4, -0.2) is 38.6 Å². The molecule has 1 aromatic rings. The van der Waals surface area contributed by atoms with E-state index in [1.165, 1.54) is 10.8 Å². The molecule has 2 rings (SSSR count). The third-order valence-corrected chi connectivity index (χ3v) is 3.57. The monoisotopic (exact) mass is 308 g/mol. The van der Waals surface area contributed by atoms with E-state index in [2.05, 4.69) is 16.8 Å². The highest BCUT2D eigenvalue weighted by Gasteiger charge is 2.32. The molecule has 1 aromatic heterocycles. The predicted octanol–water partition coefficient (Wildman–Crippen LogP) is -0.281. The zero-order valence-electron chi connectivity index (χ0n) is 12.4. The lowest BCUT2D eigenvalue weighted by atomic mass is 10.2. The molecule has 1 fully saturated rings. The summed E-state index contributed by atoms with van der Waals surface area (Å²) in [7, 11) is 0. The van der Waals surface area contributed by atoms with Gasteiger partial charge < -0.3 is 14.9 Å². The van der Waals surface area contributed by atoms with Gasteiger partial charge in [0, 0.05) is 25.6 Å². The van der Waals surface area contributed by atoms with Crippen LogP contribution in [0.5, 0.6) is 0 Å². The van der Waals surface area contributed by atoms with Crippen LogP contribution < -0.4 is 11.2 Å². The molecular weight excluding hydrogens is 288 g/mol. The lowest BCUT2D eigenvalue weighted by Gasteiger charge is -2.13. The Kier molecular flexibility index (Phi) is 5.55. The van der Waals surface area contributed by atoms with Crippen molar-refractivity contribution in [1.82, 2.24) is 9.55 Å². The molecule has 120 valence electrons. The van der Waals surface area contributed by atoms with Crippen molar-refractivity contribution in [3.8, 4) is 11.8 Å². The van der Waals surface area contributed by atoms with Crippen LogP contribution in [0.15, 0.2) is 15.8 Å². The van der Waals surface area contributed by atoms with Gasteiger partial charge in [-0.2, -0.15) is 0 Å². The summed E-state index contributed by atoms with van der Waals surface area (Å²) in [5.41, 5.74) is -0.939. The molecule has 3 N–H and O–H groups in total. The van der Waals surface area contributed by atoms with Crippen LogP contribution in [0.2, 0.25) is 0 Å². The second kappa shape index (κ2) is 7.40. The molecule has 2 unspecified atom stereocenters. The molecule has 1 aliphatic heterocycles. The molecule has 2 heterocycles. The molecule has 0 aromatic carbocycles. The van der Waals surface area contributed by atoms with Crippen molar-refractivity contribution < 1.29 is 14.9 Å². The van der Waals surface area contributed by atoms with Gasteiger partial charge in [-0.25, -0.2) is 4.79 Å². The first-order valence-electron chi connectivity index (χ1n) is 7.31. The van der Waals surface area contributed by atoms with Gasteiger partial charge in [0.05, 0.1) is 12.2 Å². The number of unbranched alkanes of at least 4 members (excludes halogenated alkanes) is 2. The molecule has 1 aliphatic rings. The third-order valence-electron chi connectivity index (χ3n) is 3.57. The Labute approximate surface area is 127 Å². The number of hydrogen-bond donors (Lipinski definition) is 3. The Hall–Kier alpha value is -1.88. The van der Waals surface area contributed by atoms with E-state index in [0.29, 0.717) is 12.8 Å². The summed E-state index contributed by atoms with van der Waals surface area (Å²) in [6.07, 6.45) is 2.02. The van der Waals surface area contributed by atoms with Gasteiger partial charge in [-0.15, -0.1) is 0 Å². The lowest BCUT2D eigenvalue weighted by Crippen LogP contribution is -2.33. The zero-order chi connectivity index (χ0) is 16.1. The van der Waals surface area contributed by atoms with Gasteiger partial charge in [0.15, 0.2) is 0 Å². The molecular formula is C15H20N2O5. The minimum absolute atomic E-state index is 0.118. The Morgan fingerprint density at radius 3 is 2.86 bits per heavy atom. The van der Waals surface area contributed by atoms with Gasteiger partial charge in [-0.3, -0.25) is 14.3 Å². The molecule has 0 saturated carbocycles. The first-order chi connectivity index (χ1) is 10.5. The third kappa shape index (κ3) is 3.85. The van der Waals surface area contributed by atoms with Gasteiger partial charge in [-0.05, 0) is 19.8 Å². The van der Waals surface area contributed by atoms with Gasteiger partial charge >= 0.3 is 5.69 Å². The van der Waals surface area contributed by atoms with Crippen molar-refractivity contribution in [3.05, 3.63) is 32.6 Å². The lowest BCUT2D eigenvalue weighted by molar-refractivity contribution is -0.0101. The highest BCUT2D eigenvalue weighted by Crippen LogP contribution is 2.26. The van der Waals surface area contributed by atoms with Crippen molar-refractivity contribution in [2.75, 3.05) is 6.61 Å². The fourth-order valence-corrected chi connectivity index (χ4v) is 2.24. The summed E-state index contributed by atoms with van der Waals surface area (Å²) in [4.78, 5) is 25.8. The maximum atomic E-state index is 11.9. The molecule has 0 spiro atoms. The van der Waals surface area contributed by atoms with E-state index in [-0.39, 0.29) is 24.7 Å². The van der Waals surface area contributed by atoms with Crippen molar-refractivity contribution in [1.29, 1.82) is 0 Å². The standard InChI is InChI=1S/C15H20N2O5/c1-10-12(19)8-13(22-10)17-9-11(14(20)16-15(17)21)6-4-2-3-5-7-18/h9-10,12-13,18-19H,2-3,5,7-8H2,1H3,(H,16,20,21)/t10?,12?,13-/m1/s1. The number of nitrogens with one attached hydrogen (secondary N) is 1. The fraction of sp³-hybridized carbons (Fsp3) is 0.600. The quantitative estimate of drug-likeness (QED) is 0.524. The molecule has 0 amide bonds. The SMILES string of the molecule is CC1O[C@@H](n2cc(C#CCCCCO)c(=O)[nH]c2=O)CC1O. The number of aromatic amines is 1. The number of H-pyrrole nitrogens is 1. The van der Waals surface area contributed by atoms with Crippen molar-refractivity contribution in [2.24, 2.45) is 0 Å². The van der Waals surface area contributed by atoms with E-state index in [0.717, 1.165) is 6.42 Å². The summed E-state index contributed by atoms with van der Waals surface area (Å²) in [6, 6.07) is 0. The Morgan fingerprint density at radius 1 is 1.45 bits per heavy atom. The second-order valence-electron chi connectivity index (χ2n) is 5.29. The topological polar surface area (TPSA) is 105 Å². The van der Waals surface area contributed by atoms with Crippen LogP contribution in [-0.2, 0) is 4.74 Å². The van der Waals surface area contributed by atoms with Crippen LogP contribution in [0.25, 0.3) is 0 Å². The second-order valence-corrected chi connectivity index (χ2v) is 5.29. The number of aliphatic hydroxyl groups is 2. The van der Waals surface area contributed by atoms with Gasteiger partial charge in [0.1, 0.15) is 11.8 Å². The molecule has 3 atom stereocenters. The van der Waals surface area contributed by atoms with Crippen molar-refractivity contribution in [3.63, 3.8) is 0 Å². The molecule has 7 heteroatoms. The fourth-order valence-electron chi connectivity index (χ4n) is 2.24. The van der Waals surface area contributed by atoms with Crippen LogP contribution in [0.1, 0.15) is 44.4 Å².